The van der Waals surface area contributed by atoms with Gasteiger partial charge in [-0.15, -0.1) is 0 Å². The van der Waals surface area contributed by atoms with Gasteiger partial charge in [0.15, 0.2) is 0 Å². The largest absolute Gasteiger partial charge is 0.388 e. The van der Waals surface area contributed by atoms with Crippen LogP contribution in [-0.2, 0) is 0 Å². The number of nitrogens with zero attached hydrogens (tertiary/aromatic N) is 1. The summed E-state index contributed by atoms with van der Waals surface area (Å²) >= 11 is 18.1. The molecule has 0 unspecified atom stereocenters. The molecular formula is C15H14Cl3N3. The minimum atomic E-state index is 0.552. The van der Waals surface area contributed by atoms with E-state index in [-0.39, 0.29) is 0 Å². The van der Waals surface area contributed by atoms with Crippen molar-refractivity contribution in [2.24, 2.45) is 5.10 Å². The molecule has 0 aliphatic rings. The van der Waals surface area contributed by atoms with Crippen molar-refractivity contribution >= 4 is 51.9 Å². The maximum absolute atomic E-state index is 6.09. The molecule has 6 heteroatoms. The van der Waals surface area contributed by atoms with Gasteiger partial charge in [0.05, 0.1) is 16.4 Å². The van der Waals surface area contributed by atoms with Gasteiger partial charge in [-0.05, 0) is 43.3 Å². The molecule has 2 rings (SSSR count). The predicted octanol–water partition coefficient (Wildman–Crippen LogP) is 5.52. The fraction of sp³-hybridized carbons (Fsp3) is 0.133. The third-order valence-electron chi connectivity index (χ3n) is 2.91. The summed E-state index contributed by atoms with van der Waals surface area (Å²) in [6.45, 7) is 1.89. The van der Waals surface area contributed by atoms with Crippen molar-refractivity contribution < 1.29 is 0 Å². The Kier molecular flexibility index (Phi) is 5.34. The van der Waals surface area contributed by atoms with Crippen LogP contribution in [0.5, 0.6) is 0 Å². The monoisotopic (exact) mass is 341 g/mol. The molecule has 0 saturated heterocycles. The van der Waals surface area contributed by atoms with Crippen molar-refractivity contribution in [2.75, 3.05) is 17.8 Å². The third kappa shape index (κ3) is 4.03. The first kappa shape index (κ1) is 16.0. The van der Waals surface area contributed by atoms with Crippen molar-refractivity contribution in [1.29, 1.82) is 0 Å². The summed E-state index contributed by atoms with van der Waals surface area (Å²) < 4.78 is 0. The maximum Gasteiger partial charge on any atom is 0.0762 e. The van der Waals surface area contributed by atoms with Crippen molar-refractivity contribution in [3.63, 3.8) is 0 Å². The maximum atomic E-state index is 6.09. The highest BCUT2D eigenvalue weighted by Crippen LogP contribution is 2.26. The van der Waals surface area contributed by atoms with Crippen molar-refractivity contribution in [2.45, 2.75) is 6.92 Å². The third-order valence-corrected chi connectivity index (χ3v) is 3.71. The fourth-order valence-electron chi connectivity index (χ4n) is 1.82. The molecule has 0 amide bonds. The van der Waals surface area contributed by atoms with Gasteiger partial charge in [-0.25, -0.2) is 0 Å². The van der Waals surface area contributed by atoms with Crippen LogP contribution in [0.15, 0.2) is 41.5 Å². The summed E-state index contributed by atoms with van der Waals surface area (Å²) in [5.41, 5.74) is 6.21. The fourth-order valence-corrected chi connectivity index (χ4v) is 2.33. The van der Waals surface area contributed by atoms with Crippen LogP contribution >= 0.6 is 34.8 Å². The second-order valence-electron chi connectivity index (χ2n) is 4.37. The lowest BCUT2D eigenvalue weighted by Gasteiger charge is -2.10. The number of anilines is 2. The molecule has 2 aromatic carbocycles. The first-order chi connectivity index (χ1) is 10.0. The van der Waals surface area contributed by atoms with E-state index in [0.717, 1.165) is 17.0 Å². The highest BCUT2D eigenvalue weighted by Gasteiger charge is 2.06. The van der Waals surface area contributed by atoms with E-state index < -0.39 is 0 Å². The smallest absolute Gasteiger partial charge is 0.0762 e. The van der Waals surface area contributed by atoms with E-state index in [4.69, 9.17) is 34.8 Å². The Hall–Kier alpha value is -1.42. The second kappa shape index (κ2) is 7.03. The van der Waals surface area contributed by atoms with Crippen molar-refractivity contribution in [1.82, 2.24) is 0 Å². The molecule has 0 bridgehead atoms. The summed E-state index contributed by atoms with van der Waals surface area (Å²) in [6.07, 6.45) is 0. The van der Waals surface area contributed by atoms with Gasteiger partial charge in [-0.2, -0.15) is 5.10 Å². The number of halogens is 3. The number of hydrazone groups is 1. The summed E-state index contributed by atoms with van der Waals surface area (Å²) in [4.78, 5) is 0. The topological polar surface area (TPSA) is 36.4 Å². The summed E-state index contributed by atoms with van der Waals surface area (Å²) in [5, 5.41) is 9.24. The van der Waals surface area contributed by atoms with Crippen molar-refractivity contribution in [3.05, 3.63) is 57.0 Å². The molecule has 110 valence electrons. The van der Waals surface area contributed by atoms with E-state index in [9.17, 15) is 0 Å². The molecule has 0 radical (unpaired) electrons. The zero-order chi connectivity index (χ0) is 15.4. The Balaban J connectivity index is 2.29. The molecule has 3 nitrogen and oxygen atoms in total. The number of rotatable bonds is 4. The molecule has 0 atom stereocenters. The first-order valence-electron chi connectivity index (χ1n) is 6.24. The number of hydrogen-bond donors (Lipinski definition) is 2. The van der Waals surface area contributed by atoms with E-state index in [1.165, 1.54) is 0 Å². The van der Waals surface area contributed by atoms with E-state index in [1.807, 2.05) is 32.2 Å². The standard InChI is InChI=1S/C15H14Cl3N3/c1-9(12-7-10(16)4-6-14(12)19-2)20-21-15-8-11(17)3-5-13(15)18/h3-8,19,21H,1-2H3/b20-9-. The van der Waals surface area contributed by atoms with Gasteiger partial charge in [0.2, 0.25) is 0 Å². The highest BCUT2D eigenvalue weighted by molar-refractivity contribution is 6.35. The summed E-state index contributed by atoms with van der Waals surface area (Å²) in [7, 11) is 1.85. The number of hydrogen-bond acceptors (Lipinski definition) is 3. The molecule has 2 N–H and O–H groups in total. The van der Waals surface area contributed by atoms with E-state index in [0.29, 0.717) is 20.8 Å². The summed E-state index contributed by atoms with van der Waals surface area (Å²) in [6, 6.07) is 10.7. The zero-order valence-electron chi connectivity index (χ0n) is 11.5. The minimum absolute atomic E-state index is 0.552. The Morgan fingerprint density at radius 1 is 0.952 bits per heavy atom. The Bertz CT molecular complexity index is 684. The molecular weight excluding hydrogens is 329 g/mol. The van der Waals surface area contributed by atoms with Crippen LogP contribution < -0.4 is 10.7 Å². The van der Waals surface area contributed by atoms with Crippen LogP contribution in [0.4, 0.5) is 11.4 Å². The van der Waals surface area contributed by atoms with E-state index in [1.54, 1.807) is 18.2 Å². The van der Waals surface area contributed by atoms with Gasteiger partial charge in [-0.1, -0.05) is 34.8 Å². The molecule has 2 aromatic rings. The van der Waals surface area contributed by atoms with Gasteiger partial charge >= 0.3 is 0 Å². The predicted molar refractivity (Wildman–Crippen MR) is 93.3 cm³/mol. The molecule has 0 aliphatic carbocycles. The van der Waals surface area contributed by atoms with Gasteiger partial charge < -0.3 is 5.32 Å². The highest BCUT2D eigenvalue weighted by atomic mass is 35.5. The van der Waals surface area contributed by atoms with Crippen LogP contribution in [0.25, 0.3) is 0 Å². The lowest BCUT2D eigenvalue weighted by atomic mass is 10.1. The average molecular weight is 343 g/mol. The van der Waals surface area contributed by atoms with E-state index in [2.05, 4.69) is 15.8 Å². The Labute approximate surface area is 138 Å². The number of nitrogens with one attached hydrogen (secondary N) is 2. The first-order valence-corrected chi connectivity index (χ1v) is 7.37. The van der Waals surface area contributed by atoms with Gasteiger partial charge in [0.1, 0.15) is 0 Å². The van der Waals surface area contributed by atoms with E-state index >= 15 is 0 Å². The van der Waals surface area contributed by atoms with Crippen LogP contribution in [0.3, 0.4) is 0 Å². The molecule has 0 fully saturated rings. The summed E-state index contributed by atoms with van der Waals surface area (Å²) in [5.74, 6) is 0. The number of benzene rings is 2. The van der Waals surface area contributed by atoms with Gasteiger partial charge in [0.25, 0.3) is 0 Å². The molecule has 0 aromatic heterocycles. The molecule has 0 heterocycles. The Morgan fingerprint density at radius 2 is 1.62 bits per heavy atom. The van der Waals surface area contributed by atoms with Crippen LogP contribution in [-0.4, -0.2) is 12.8 Å². The van der Waals surface area contributed by atoms with Gasteiger partial charge in [-0.3, -0.25) is 5.43 Å². The molecule has 0 saturated carbocycles. The SMILES string of the molecule is CNc1ccc(Cl)cc1/C(C)=N\Nc1cc(Cl)ccc1Cl. The quantitative estimate of drug-likeness (QED) is 0.566. The molecule has 0 spiro atoms. The van der Waals surface area contributed by atoms with Crippen molar-refractivity contribution in [3.8, 4) is 0 Å². The average Bonchev–Trinajstić information content (AvgIpc) is 2.47. The van der Waals surface area contributed by atoms with Crippen LogP contribution in [0.1, 0.15) is 12.5 Å². The molecule has 0 aliphatic heterocycles. The lowest BCUT2D eigenvalue weighted by molar-refractivity contribution is 1.32. The zero-order valence-corrected chi connectivity index (χ0v) is 13.8. The molecule has 21 heavy (non-hydrogen) atoms. The lowest BCUT2D eigenvalue weighted by Crippen LogP contribution is -2.04. The second-order valence-corrected chi connectivity index (χ2v) is 5.65. The van der Waals surface area contributed by atoms with Gasteiger partial charge in [0, 0.05) is 28.3 Å². The Morgan fingerprint density at radius 3 is 2.33 bits per heavy atom. The van der Waals surface area contributed by atoms with Crippen LogP contribution in [0, 0.1) is 0 Å². The normalized spacial score (nSPS) is 11.4. The minimum Gasteiger partial charge on any atom is -0.388 e. The van der Waals surface area contributed by atoms with Crippen LogP contribution in [0.2, 0.25) is 15.1 Å².